The topological polar surface area (TPSA) is 176 Å². The number of rotatable bonds is 6. The molecule has 0 spiro atoms. The lowest BCUT2D eigenvalue weighted by molar-refractivity contribution is 0.100. The Bertz CT molecular complexity index is 1240. The molecule has 0 saturated carbocycles. The SMILES string of the molecule is CC(=O)c1cc(Cc2cc(C)cc(Cc3cc(C(C)=O)c(O)c(O)c3O)c2O)c(O)c(O)c1O. The first kappa shape index (κ1) is 24.2. The summed E-state index contributed by atoms with van der Waals surface area (Å²) in [6.07, 6.45) is -0.238. The highest BCUT2D eigenvalue weighted by molar-refractivity contribution is 5.99. The molecular weight excluding hydrogens is 444 g/mol. The Kier molecular flexibility index (Phi) is 6.32. The fourth-order valence-electron chi connectivity index (χ4n) is 3.83. The van der Waals surface area contributed by atoms with E-state index in [9.17, 15) is 45.3 Å². The van der Waals surface area contributed by atoms with E-state index in [1.165, 1.54) is 26.0 Å². The Hall–Kier alpha value is -4.40. The molecular formula is C25H24O9. The second-order valence-corrected chi connectivity index (χ2v) is 8.16. The van der Waals surface area contributed by atoms with Gasteiger partial charge in [0.2, 0.25) is 11.5 Å². The van der Waals surface area contributed by atoms with Crippen LogP contribution in [0.3, 0.4) is 0 Å². The molecule has 0 unspecified atom stereocenters. The summed E-state index contributed by atoms with van der Waals surface area (Å²) in [5.74, 6) is -5.77. The van der Waals surface area contributed by atoms with E-state index < -0.39 is 46.1 Å². The largest absolute Gasteiger partial charge is 0.507 e. The number of aromatic hydroxyl groups is 7. The van der Waals surface area contributed by atoms with Crippen LogP contribution in [0.25, 0.3) is 0 Å². The molecule has 178 valence electrons. The molecule has 9 nitrogen and oxygen atoms in total. The van der Waals surface area contributed by atoms with Crippen LogP contribution in [0, 0.1) is 6.92 Å². The van der Waals surface area contributed by atoms with Crippen LogP contribution in [0.15, 0.2) is 24.3 Å². The minimum absolute atomic E-state index is 0.0799. The van der Waals surface area contributed by atoms with Crippen molar-refractivity contribution >= 4 is 11.6 Å². The third kappa shape index (κ3) is 4.27. The van der Waals surface area contributed by atoms with Crippen LogP contribution in [-0.4, -0.2) is 47.3 Å². The molecule has 0 radical (unpaired) electrons. The molecule has 0 aromatic heterocycles. The van der Waals surface area contributed by atoms with Crippen molar-refractivity contribution in [1.29, 1.82) is 0 Å². The molecule has 0 aliphatic heterocycles. The number of phenols is 7. The lowest BCUT2D eigenvalue weighted by Crippen LogP contribution is -2.01. The number of carbonyl (C=O) groups is 2. The highest BCUT2D eigenvalue weighted by atomic mass is 16.3. The maximum Gasteiger partial charge on any atom is 0.201 e. The normalized spacial score (nSPS) is 10.9. The monoisotopic (exact) mass is 468 g/mol. The standard InChI is InChI=1S/C25H24O9/c1-10-4-13(6-15-8-17(11(2)26)22(31)24(33)20(15)29)19(28)14(5-10)7-16-9-18(12(3)27)23(32)25(34)21(16)30/h4-5,8-9,28-34H,6-7H2,1-3H3. The van der Waals surface area contributed by atoms with Gasteiger partial charge in [0.15, 0.2) is 34.6 Å². The molecule has 3 aromatic carbocycles. The van der Waals surface area contributed by atoms with Crippen molar-refractivity contribution in [3.63, 3.8) is 0 Å². The average molecular weight is 468 g/mol. The minimum atomic E-state index is -0.851. The van der Waals surface area contributed by atoms with Gasteiger partial charge in [0.25, 0.3) is 0 Å². The van der Waals surface area contributed by atoms with Gasteiger partial charge in [-0.15, -0.1) is 0 Å². The maximum atomic E-state index is 11.8. The van der Waals surface area contributed by atoms with Gasteiger partial charge in [-0.25, -0.2) is 0 Å². The number of phenolic OH excluding ortho intramolecular Hbond substituents is 7. The zero-order valence-electron chi connectivity index (χ0n) is 18.7. The van der Waals surface area contributed by atoms with Crippen molar-refractivity contribution in [2.24, 2.45) is 0 Å². The van der Waals surface area contributed by atoms with Gasteiger partial charge in [0.1, 0.15) is 5.75 Å². The first-order valence-corrected chi connectivity index (χ1v) is 10.2. The Labute approximate surface area is 194 Å². The van der Waals surface area contributed by atoms with Gasteiger partial charge in [-0.05, 0) is 44.0 Å². The molecule has 0 bridgehead atoms. The first-order chi connectivity index (χ1) is 15.8. The average Bonchev–Trinajstić information content (AvgIpc) is 2.76. The van der Waals surface area contributed by atoms with Crippen LogP contribution in [0.4, 0.5) is 0 Å². The number of ketones is 2. The van der Waals surface area contributed by atoms with Crippen LogP contribution in [0.5, 0.6) is 40.2 Å². The Morgan fingerprint density at radius 2 is 0.853 bits per heavy atom. The van der Waals surface area contributed by atoms with Crippen molar-refractivity contribution in [3.05, 3.63) is 63.2 Å². The number of aryl methyl sites for hydroxylation is 1. The van der Waals surface area contributed by atoms with Gasteiger partial charge >= 0.3 is 0 Å². The van der Waals surface area contributed by atoms with Gasteiger partial charge < -0.3 is 35.7 Å². The zero-order chi connectivity index (χ0) is 25.5. The molecule has 0 amide bonds. The van der Waals surface area contributed by atoms with Gasteiger partial charge in [0, 0.05) is 24.0 Å². The van der Waals surface area contributed by atoms with Gasteiger partial charge in [-0.2, -0.15) is 0 Å². The van der Waals surface area contributed by atoms with E-state index in [-0.39, 0.29) is 40.8 Å². The lowest BCUT2D eigenvalue weighted by Gasteiger charge is -2.16. The maximum absolute atomic E-state index is 11.8. The summed E-state index contributed by atoms with van der Waals surface area (Å²) in [6.45, 7) is 4.11. The zero-order valence-corrected chi connectivity index (χ0v) is 18.7. The van der Waals surface area contributed by atoms with Gasteiger partial charge in [0.05, 0.1) is 11.1 Å². The smallest absolute Gasteiger partial charge is 0.201 e. The molecule has 3 rings (SSSR count). The number of hydrogen-bond donors (Lipinski definition) is 7. The minimum Gasteiger partial charge on any atom is -0.507 e. The van der Waals surface area contributed by atoms with Crippen molar-refractivity contribution in [1.82, 2.24) is 0 Å². The third-order valence-corrected chi connectivity index (χ3v) is 5.59. The summed E-state index contributed by atoms with van der Waals surface area (Å²) < 4.78 is 0. The van der Waals surface area contributed by atoms with Crippen LogP contribution in [0.2, 0.25) is 0 Å². The summed E-state index contributed by atoms with van der Waals surface area (Å²) >= 11 is 0. The lowest BCUT2D eigenvalue weighted by atomic mass is 9.92. The summed E-state index contributed by atoms with van der Waals surface area (Å²) in [5, 5.41) is 71.3. The molecule has 0 saturated heterocycles. The van der Waals surface area contributed by atoms with Crippen LogP contribution < -0.4 is 0 Å². The molecule has 7 N–H and O–H groups in total. The Morgan fingerprint density at radius 1 is 0.529 bits per heavy atom. The second kappa shape index (κ2) is 8.86. The van der Waals surface area contributed by atoms with E-state index in [1.807, 2.05) is 0 Å². The third-order valence-electron chi connectivity index (χ3n) is 5.59. The molecule has 0 atom stereocenters. The fourth-order valence-corrected chi connectivity index (χ4v) is 3.83. The Morgan fingerprint density at radius 3 is 1.18 bits per heavy atom. The van der Waals surface area contributed by atoms with E-state index in [0.717, 1.165) is 0 Å². The Balaban J connectivity index is 2.09. The van der Waals surface area contributed by atoms with Crippen molar-refractivity contribution in [2.45, 2.75) is 33.6 Å². The van der Waals surface area contributed by atoms with E-state index in [2.05, 4.69) is 0 Å². The number of benzene rings is 3. The van der Waals surface area contributed by atoms with Crippen molar-refractivity contribution in [2.75, 3.05) is 0 Å². The molecule has 0 aliphatic rings. The summed E-state index contributed by atoms with van der Waals surface area (Å²) in [4.78, 5) is 23.6. The van der Waals surface area contributed by atoms with E-state index in [4.69, 9.17) is 0 Å². The van der Waals surface area contributed by atoms with E-state index in [0.29, 0.717) is 16.7 Å². The number of hydrogen-bond acceptors (Lipinski definition) is 9. The highest BCUT2D eigenvalue weighted by Crippen LogP contribution is 2.44. The number of Topliss-reactive ketones (excluding diaryl/α,β-unsaturated/α-hetero) is 2. The predicted molar refractivity (Wildman–Crippen MR) is 121 cm³/mol. The fraction of sp³-hybridized carbons (Fsp3) is 0.200. The van der Waals surface area contributed by atoms with E-state index >= 15 is 0 Å². The first-order valence-electron chi connectivity index (χ1n) is 10.2. The number of carbonyl (C=O) groups excluding carboxylic acids is 2. The molecule has 0 fully saturated rings. The van der Waals surface area contributed by atoms with Crippen LogP contribution >= 0.6 is 0 Å². The second-order valence-electron chi connectivity index (χ2n) is 8.16. The van der Waals surface area contributed by atoms with Crippen molar-refractivity contribution < 1.29 is 45.3 Å². The molecule has 9 heteroatoms. The van der Waals surface area contributed by atoms with Crippen LogP contribution in [-0.2, 0) is 12.8 Å². The summed E-state index contributed by atoms with van der Waals surface area (Å²) in [5.41, 5.74) is 1.07. The quantitative estimate of drug-likeness (QED) is 0.211. The molecule has 3 aromatic rings. The molecule has 34 heavy (non-hydrogen) atoms. The van der Waals surface area contributed by atoms with Crippen molar-refractivity contribution in [3.8, 4) is 40.2 Å². The molecule has 0 heterocycles. The van der Waals surface area contributed by atoms with Gasteiger partial charge in [-0.3, -0.25) is 9.59 Å². The van der Waals surface area contributed by atoms with Crippen LogP contribution in [0.1, 0.15) is 62.4 Å². The summed E-state index contributed by atoms with van der Waals surface area (Å²) in [7, 11) is 0. The van der Waals surface area contributed by atoms with E-state index in [1.54, 1.807) is 19.1 Å². The molecule has 0 aliphatic carbocycles. The summed E-state index contributed by atoms with van der Waals surface area (Å²) in [6, 6.07) is 5.67. The van der Waals surface area contributed by atoms with Gasteiger partial charge in [-0.1, -0.05) is 17.7 Å². The predicted octanol–water partition coefficient (Wildman–Crippen LogP) is 3.52. The highest BCUT2D eigenvalue weighted by Gasteiger charge is 2.23.